The zero-order chi connectivity index (χ0) is 7.28. The first-order valence-electron chi connectivity index (χ1n) is 2.07. The molecule has 0 bridgehead atoms. The topological polar surface area (TPSA) is 47.9 Å². The summed E-state index contributed by atoms with van der Waals surface area (Å²) in [6, 6.07) is 0. The Morgan fingerprint density at radius 1 is 1.56 bits per heavy atom. The van der Waals surface area contributed by atoms with Gasteiger partial charge in [0.05, 0.1) is 7.11 Å². The van der Waals surface area contributed by atoms with Crippen LogP contribution in [0.1, 0.15) is 0 Å². The summed E-state index contributed by atoms with van der Waals surface area (Å²) in [7, 11) is 2.65. The molecule has 9 heavy (non-hydrogen) atoms. The van der Waals surface area contributed by atoms with Crippen molar-refractivity contribution in [3.63, 3.8) is 0 Å². The highest BCUT2D eigenvalue weighted by Crippen LogP contribution is 1.93. The molecule has 4 nitrogen and oxygen atoms in total. The monoisotopic (exact) mass is 243 g/mol. The molecule has 0 rings (SSSR count). The number of carbonyl (C=O) groups excluding carboxylic acids is 1. The normalized spacial score (nSPS) is 10.8. The number of nitrogens with zero attached hydrogens (tertiary/aromatic N) is 1. The lowest BCUT2D eigenvalue weighted by molar-refractivity contribution is -0.132. The minimum Gasteiger partial charge on any atom is -0.464 e. The average Bonchev–Trinajstić information content (AvgIpc) is 1.87. The van der Waals surface area contributed by atoms with Crippen LogP contribution < -0.4 is 0 Å². The molecular weight excluding hydrogens is 237 g/mol. The smallest absolute Gasteiger partial charge is 0.366 e. The van der Waals surface area contributed by atoms with Crippen LogP contribution in [0.15, 0.2) is 5.16 Å². The van der Waals surface area contributed by atoms with E-state index >= 15 is 0 Å². The first-order chi connectivity index (χ1) is 4.22. The Kier molecular flexibility index (Phi) is 4.37. The van der Waals surface area contributed by atoms with Gasteiger partial charge in [0.25, 0.3) is 0 Å². The molecule has 0 aliphatic rings. The van der Waals surface area contributed by atoms with Crippen molar-refractivity contribution in [1.82, 2.24) is 0 Å². The Labute approximate surface area is 66.3 Å². The van der Waals surface area contributed by atoms with E-state index in [1.807, 2.05) is 0 Å². The molecule has 0 fully saturated rings. The van der Waals surface area contributed by atoms with E-state index in [2.05, 4.69) is 14.7 Å². The Morgan fingerprint density at radius 2 is 2.11 bits per heavy atom. The quantitative estimate of drug-likeness (QED) is 0.308. The van der Waals surface area contributed by atoms with Crippen molar-refractivity contribution in [2.75, 3.05) is 14.2 Å². The molecule has 0 saturated heterocycles. The van der Waals surface area contributed by atoms with Crippen LogP contribution in [0.4, 0.5) is 0 Å². The van der Waals surface area contributed by atoms with Gasteiger partial charge in [0, 0.05) is 0 Å². The summed E-state index contributed by atoms with van der Waals surface area (Å²) in [4.78, 5) is 14.8. The van der Waals surface area contributed by atoms with E-state index < -0.39 is 5.97 Å². The lowest BCUT2D eigenvalue weighted by Crippen LogP contribution is -2.08. The summed E-state index contributed by atoms with van der Waals surface area (Å²) in [5.74, 6) is -0.488. The van der Waals surface area contributed by atoms with Crippen molar-refractivity contribution in [3.05, 3.63) is 0 Å². The van der Waals surface area contributed by atoms with Gasteiger partial charge >= 0.3 is 5.97 Å². The van der Waals surface area contributed by atoms with Crippen LogP contribution in [0, 0.1) is 0 Å². The molecule has 0 aromatic rings. The molecule has 0 heterocycles. The fourth-order valence-corrected chi connectivity index (χ4v) is 0.619. The fourth-order valence-electron chi connectivity index (χ4n) is 0.202. The summed E-state index contributed by atoms with van der Waals surface area (Å²) >= 11 is 1.72. The predicted octanol–water partition coefficient (Wildman–Crippen LogP) is 0.554. The van der Waals surface area contributed by atoms with Gasteiger partial charge in [0.1, 0.15) is 7.11 Å². The van der Waals surface area contributed by atoms with Gasteiger partial charge < -0.3 is 9.57 Å². The van der Waals surface area contributed by atoms with E-state index in [1.165, 1.54) is 14.2 Å². The van der Waals surface area contributed by atoms with Crippen LogP contribution >= 0.6 is 22.6 Å². The summed E-state index contributed by atoms with van der Waals surface area (Å²) in [6.45, 7) is 0. The molecule has 0 aromatic carbocycles. The van der Waals surface area contributed by atoms with Gasteiger partial charge in [-0.05, 0) is 22.6 Å². The molecule has 0 aliphatic carbocycles. The molecular formula is C4H6INO3. The second-order valence-corrected chi connectivity index (χ2v) is 2.08. The van der Waals surface area contributed by atoms with Crippen molar-refractivity contribution in [2.45, 2.75) is 0 Å². The first kappa shape index (κ1) is 8.67. The number of halogens is 1. The third kappa shape index (κ3) is 3.28. The van der Waals surface area contributed by atoms with E-state index in [0.717, 1.165) is 0 Å². The second-order valence-electron chi connectivity index (χ2n) is 1.06. The van der Waals surface area contributed by atoms with E-state index in [-0.39, 0.29) is 3.72 Å². The van der Waals surface area contributed by atoms with Crippen molar-refractivity contribution in [1.29, 1.82) is 0 Å². The SMILES string of the molecule is CON=C(I)C(=O)OC. The number of esters is 1. The van der Waals surface area contributed by atoms with Crippen LogP contribution in [-0.2, 0) is 14.4 Å². The highest BCUT2D eigenvalue weighted by atomic mass is 127. The van der Waals surface area contributed by atoms with E-state index in [9.17, 15) is 4.79 Å². The van der Waals surface area contributed by atoms with E-state index in [0.29, 0.717) is 0 Å². The van der Waals surface area contributed by atoms with Crippen LogP contribution in [0.25, 0.3) is 0 Å². The summed E-state index contributed by atoms with van der Waals surface area (Å²) in [5, 5.41) is 3.32. The fraction of sp³-hybridized carbons (Fsp3) is 0.500. The molecule has 5 heteroatoms. The van der Waals surface area contributed by atoms with E-state index in [4.69, 9.17) is 0 Å². The number of rotatable bonds is 2. The highest BCUT2D eigenvalue weighted by molar-refractivity contribution is 14.1. The molecule has 0 saturated carbocycles. The lowest BCUT2D eigenvalue weighted by Gasteiger charge is -1.92. The molecule has 0 aliphatic heterocycles. The van der Waals surface area contributed by atoms with Crippen LogP contribution in [-0.4, -0.2) is 23.9 Å². The molecule has 0 unspecified atom stereocenters. The number of hydrogen-bond acceptors (Lipinski definition) is 4. The molecule has 0 atom stereocenters. The van der Waals surface area contributed by atoms with Crippen molar-refractivity contribution in [3.8, 4) is 0 Å². The maximum atomic E-state index is 10.5. The second kappa shape index (κ2) is 4.54. The molecule has 52 valence electrons. The average molecular weight is 243 g/mol. The van der Waals surface area contributed by atoms with Crippen molar-refractivity contribution in [2.24, 2.45) is 5.16 Å². The lowest BCUT2D eigenvalue weighted by atomic mass is 10.8. The van der Waals surface area contributed by atoms with Gasteiger partial charge in [-0.25, -0.2) is 4.79 Å². The zero-order valence-electron chi connectivity index (χ0n) is 5.05. The zero-order valence-corrected chi connectivity index (χ0v) is 7.21. The molecule has 0 N–H and O–H groups in total. The van der Waals surface area contributed by atoms with Gasteiger partial charge in [-0.2, -0.15) is 0 Å². The Hall–Kier alpha value is -0.330. The Bertz CT molecular complexity index is 134. The largest absolute Gasteiger partial charge is 0.464 e. The van der Waals surface area contributed by atoms with Crippen LogP contribution in [0.3, 0.4) is 0 Å². The molecule has 0 aromatic heterocycles. The van der Waals surface area contributed by atoms with Crippen molar-refractivity contribution >= 4 is 32.3 Å². The summed E-state index contributed by atoms with van der Waals surface area (Å²) in [5.41, 5.74) is 0. The minimum atomic E-state index is -0.488. The number of ether oxygens (including phenoxy) is 1. The Balaban J connectivity index is 3.86. The van der Waals surface area contributed by atoms with Gasteiger partial charge in [0.2, 0.25) is 3.72 Å². The minimum absolute atomic E-state index is 0.178. The highest BCUT2D eigenvalue weighted by Gasteiger charge is 2.06. The van der Waals surface area contributed by atoms with E-state index in [1.54, 1.807) is 22.6 Å². The van der Waals surface area contributed by atoms with Crippen LogP contribution in [0.2, 0.25) is 0 Å². The third-order valence-electron chi connectivity index (χ3n) is 0.525. The molecule has 0 spiro atoms. The first-order valence-corrected chi connectivity index (χ1v) is 3.15. The standard InChI is InChI=1S/C4H6INO3/c1-8-4(7)3(5)6-9-2/h1-2H3. The number of carbonyl (C=O) groups is 1. The van der Waals surface area contributed by atoms with Crippen molar-refractivity contribution < 1.29 is 14.4 Å². The summed E-state index contributed by atoms with van der Waals surface area (Å²) in [6.07, 6.45) is 0. The number of oxime groups is 1. The van der Waals surface area contributed by atoms with Gasteiger partial charge in [-0.1, -0.05) is 5.16 Å². The van der Waals surface area contributed by atoms with Gasteiger partial charge in [-0.15, -0.1) is 0 Å². The maximum Gasteiger partial charge on any atom is 0.366 e. The maximum absolute atomic E-state index is 10.5. The molecule has 0 radical (unpaired) electrons. The third-order valence-corrected chi connectivity index (χ3v) is 1.16. The molecule has 0 amide bonds. The number of methoxy groups -OCH3 is 1. The predicted molar refractivity (Wildman–Crippen MR) is 40.5 cm³/mol. The van der Waals surface area contributed by atoms with Gasteiger partial charge in [0.15, 0.2) is 0 Å². The number of hydrogen-bond donors (Lipinski definition) is 0. The van der Waals surface area contributed by atoms with Crippen LogP contribution in [0.5, 0.6) is 0 Å². The summed E-state index contributed by atoms with van der Waals surface area (Å²) < 4.78 is 4.49. The van der Waals surface area contributed by atoms with Gasteiger partial charge in [-0.3, -0.25) is 0 Å². The Morgan fingerprint density at radius 3 is 2.44 bits per heavy atom.